The lowest BCUT2D eigenvalue weighted by atomic mass is 10.1. The molecule has 0 spiro atoms. The predicted molar refractivity (Wildman–Crippen MR) is 70.5 cm³/mol. The van der Waals surface area contributed by atoms with Gasteiger partial charge in [0.05, 0.1) is 23.8 Å². The number of anilines is 1. The normalized spacial score (nSPS) is 11.2. The average molecular weight is 286 g/mol. The summed E-state index contributed by atoms with van der Waals surface area (Å²) in [4.78, 5) is 1.78. The highest BCUT2D eigenvalue weighted by Gasteiger charge is 2.34. The Morgan fingerprint density at radius 2 is 2.00 bits per heavy atom. The molecular weight excluding hydrogens is 269 g/mol. The molecule has 0 bridgehead atoms. The van der Waals surface area contributed by atoms with Crippen molar-refractivity contribution in [2.45, 2.75) is 20.0 Å². The maximum absolute atomic E-state index is 12.9. The predicted octanol–water partition coefficient (Wildman–Crippen LogP) is 3.44. The summed E-state index contributed by atoms with van der Waals surface area (Å²) >= 11 is 0. The van der Waals surface area contributed by atoms with Gasteiger partial charge in [0.15, 0.2) is 0 Å². The second kappa shape index (κ2) is 7.15. The molecule has 1 aromatic rings. The van der Waals surface area contributed by atoms with Gasteiger partial charge in [0.25, 0.3) is 0 Å². The molecule has 20 heavy (non-hydrogen) atoms. The van der Waals surface area contributed by atoms with Gasteiger partial charge < -0.3 is 9.64 Å². The van der Waals surface area contributed by atoms with Crippen LogP contribution >= 0.6 is 0 Å². The Morgan fingerprint density at radius 1 is 1.30 bits per heavy atom. The first-order valence-corrected chi connectivity index (χ1v) is 6.38. The molecule has 0 heterocycles. The van der Waals surface area contributed by atoms with E-state index in [1.54, 1.807) is 11.0 Å². The molecule has 0 atom stereocenters. The molecule has 1 rings (SSSR count). The van der Waals surface area contributed by atoms with Crippen LogP contribution in [0.3, 0.4) is 0 Å². The maximum Gasteiger partial charge on any atom is 0.417 e. The van der Waals surface area contributed by atoms with E-state index in [2.05, 4.69) is 0 Å². The van der Waals surface area contributed by atoms with Crippen LogP contribution in [0.15, 0.2) is 18.2 Å². The Bertz CT molecular complexity index is 480. The van der Waals surface area contributed by atoms with Crippen molar-refractivity contribution in [3.63, 3.8) is 0 Å². The van der Waals surface area contributed by atoms with Crippen LogP contribution in [0.5, 0.6) is 0 Å². The van der Waals surface area contributed by atoms with E-state index in [9.17, 15) is 13.2 Å². The molecule has 6 heteroatoms. The van der Waals surface area contributed by atoms with Crippen molar-refractivity contribution < 1.29 is 17.9 Å². The van der Waals surface area contributed by atoms with Crippen LogP contribution in [0.1, 0.15) is 25.0 Å². The number of halogens is 3. The van der Waals surface area contributed by atoms with Crippen molar-refractivity contribution >= 4 is 5.69 Å². The van der Waals surface area contributed by atoms with Crippen LogP contribution < -0.4 is 4.90 Å². The fourth-order valence-corrected chi connectivity index (χ4v) is 1.85. The summed E-state index contributed by atoms with van der Waals surface area (Å²) in [5.41, 5.74) is -0.812. The minimum Gasteiger partial charge on any atom is -0.380 e. The zero-order valence-electron chi connectivity index (χ0n) is 11.5. The number of rotatable bonds is 6. The number of hydrogen-bond donors (Lipinski definition) is 0. The van der Waals surface area contributed by atoms with Gasteiger partial charge in [0, 0.05) is 25.4 Å². The molecule has 0 N–H and O–H groups in total. The van der Waals surface area contributed by atoms with Gasteiger partial charge in [-0.1, -0.05) is 0 Å². The quantitative estimate of drug-likeness (QED) is 0.752. The number of likely N-dealkylation sites (N-methyl/N-ethyl adjacent to an activating group) is 1. The van der Waals surface area contributed by atoms with Gasteiger partial charge in [-0.25, -0.2) is 0 Å². The van der Waals surface area contributed by atoms with Crippen molar-refractivity contribution in [3.05, 3.63) is 29.3 Å². The summed E-state index contributed by atoms with van der Waals surface area (Å²) in [7, 11) is 0. The van der Waals surface area contributed by atoms with Crippen LogP contribution in [0, 0.1) is 11.3 Å². The molecule has 0 aromatic heterocycles. The number of benzene rings is 1. The van der Waals surface area contributed by atoms with E-state index in [4.69, 9.17) is 10.00 Å². The van der Waals surface area contributed by atoms with Crippen LogP contribution in [-0.2, 0) is 10.9 Å². The summed E-state index contributed by atoms with van der Waals surface area (Å²) in [5.74, 6) is 0. The second-order valence-corrected chi connectivity index (χ2v) is 4.12. The first-order chi connectivity index (χ1) is 9.43. The standard InChI is InChI=1S/C14H17F3N2O/c1-3-19(7-8-20-4-2)12-6-5-11(10-18)13(9-12)14(15,16)17/h5-6,9H,3-4,7-8H2,1-2H3. The monoisotopic (exact) mass is 286 g/mol. The molecule has 0 amide bonds. The number of hydrogen-bond acceptors (Lipinski definition) is 3. The molecule has 0 saturated carbocycles. The molecule has 0 aliphatic carbocycles. The highest BCUT2D eigenvalue weighted by molar-refractivity contribution is 5.54. The van der Waals surface area contributed by atoms with Crippen molar-refractivity contribution in [2.24, 2.45) is 0 Å². The number of nitrogens with zero attached hydrogens (tertiary/aromatic N) is 2. The smallest absolute Gasteiger partial charge is 0.380 e. The van der Waals surface area contributed by atoms with E-state index in [1.165, 1.54) is 12.1 Å². The molecule has 0 aliphatic heterocycles. The Balaban J connectivity index is 3.03. The number of ether oxygens (including phenoxy) is 1. The molecule has 110 valence electrons. The molecular formula is C14H17F3N2O. The van der Waals surface area contributed by atoms with E-state index >= 15 is 0 Å². The van der Waals surface area contributed by atoms with E-state index < -0.39 is 11.7 Å². The van der Waals surface area contributed by atoms with Crippen molar-refractivity contribution in [2.75, 3.05) is 31.2 Å². The highest BCUT2D eigenvalue weighted by Crippen LogP contribution is 2.34. The lowest BCUT2D eigenvalue weighted by Crippen LogP contribution is -2.27. The molecule has 3 nitrogen and oxygen atoms in total. The Kier molecular flexibility index (Phi) is 5.83. The largest absolute Gasteiger partial charge is 0.417 e. The summed E-state index contributed by atoms with van der Waals surface area (Å²) in [5, 5.41) is 8.76. The summed E-state index contributed by atoms with van der Waals surface area (Å²) in [6, 6.07) is 5.34. The van der Waals surface area contributed by atoms with Gasteiger partial charge in [-0.3, -0.25) is 0 Å². The average Bonchev–Trinajstić information content (AvgIpc) is 2.42. The molecule has 0 radical (unpaired) electrons. The Labute approximate surface area is 116 Å². The van der Waals surface area contributed by atoms with Crippen LogP contribution in [-0.4, -0.2) is 26.3 Å². The fourth-order valence-electron chi connectivity index (χ4n) is 1.85. The third kappa shape index (κ3) is 4.14. The van der Waals surface area contributed by atoms with Gasteiger partial charge in [-0.05, 0) is 32.0 Å². The molecule has 0 saturated heterocycles. The summed E-state index contributed by atoms with van der Waals surface area (Å²) in [6.07, 6.45) is -4.53. The first-order valence-electron chi connectivity index (χ1n) is 6.38. The Morgan fingerprint density at radius 3 is 2.50 bits per heavy atom. The minimum absolute atomic E-state index is 0.359. The summed E-state index contributed by atoms with van der Waals surface area (Å²) in [6.45, 7) is 5.81. The van der Waals surface area contributed by atoms with E-state index in [-0.39, 0.29) is 5.56 Å². The van der Waals surface area contributed by atoms with E-state index in [1.807, 2.05) is 13.8 Å². The van der Waals surface area contributed by atoms with E-state index in [0.717, 1.165) is 6.07 Å². The molecule has 1 aromatic carbocycles. The first kappa shape index (κ1) is 16.3. The van der Waals surface area contributed by atoms with Gasteiger partial charge in [0.2, 0.25) is 0 Å². The fraction of sp³-hybridized carbons (Fsp3) is 0.500. The topological polar surface area (TPSA) is 36.3 Å². The van der Waals surface area contributed by atoms with Gasteiger partial charge >= 0.3 is 6.18 Å². The van der Waals surface area contributed by atoms with Crippen molar-refractivity contribution in [3.8, 4) is 6.07 Å². The minimum atomic E-state index is -4.53. The second-order valence-electron chi connectivity index (χ2n) is 4.12. The third-order valence-electron chi connectivity index (χ3n) is 2.89. The van der Waals surface area contributed by atoms with Gasteiger partial charge in [-0.15, -0.1) is 0 Å². The zero-order chi connectivity index (χ0) is 15.2. The number of nitriles is 1. The Hall–Kier alpha value is -1.74. The lowest BCUT2D eigenvalue weighted by Gasteiger charge is -2.24. The van der Waals surface area contributed by atoms with Crippen LogP contribution in [0.4, 0.5) is 18.9 Å². The molecule has 0 aliphatic rings. The molecule has 0 unspecified atom stereocenters. The number of alkyl halides is 3. The lowest BCUT2D eigenvalue weighted by molar-refractivity contribution is -0.137. The third-order valence-corrected chi connectivity index (χ3v) is 2.89. The highest BCUT2D eigenvalue weighted by atomic mass is 19.4. The zero-order valence-corrected chi connectivity index (χ0v) is 11.5. The van der Waals surface area contributed by atoms with Crippen LogP contribution in [0.25, 0.3) is 0 Å². The SMILES string of the molecule is CCOCCN(CC)c1ccc(C#N)c(C(F)(F)F)c1. The van der Waals surface area contributed by atoms with Gasteiger partial charge in [0.1, 0.15) is 0 Å². The van der Waals surface area contributed by atoms with Gasteiger partial charge in [-0.2, -0.15) is 18.4 Å². The molecule has 0 fully saturated rings. The van der Waals surface area contributed by atoms with Crippen LogP contribution in [0.2, 0.25) is 0 Å². The van der Waals surface area contributed by atoms with Crippen molar-refractivity contribution in [1.29, 1.82) is 5.26 Å². The van der Waals surface area contributed by atoms with Crippen molar-refractivity contribution in [1.82, 2.24) is 0 Å². The summed E-state index contributed by atoms with van der Waals surface area (Å²) < 4.78 is 43.9. The maximum atomic E-state index is 12.9. The van der Waals surface area contributed by atoms with E-state index in [0.29, 0.717) is 32.0 Å².